The molecule has 1 aromatic carbocycles. The third kappa shape index (κ3) is 7.17. The van der Waals surface area contributed by atoms with Gasteiger partial charge in [0, 0.05) is 12.2 Å². The number of cyclic esters (lactones) is 3. The molecule has 5 atom stereocenters. The summed E-state index contributed by atoms with van der Waals surface area (Å²) in [5, 5.41) is 20.1. The molecule has 0 saturated carbocycles. The van der Waals surface area contributed by atoms with Crippen LogP contribution in [-0.2, 0) is 28.6 Å². The summed E-state index contributed by atoms with van der Waals surface area (Å²) in [5.74, 6) is -2.29. The molecule has 0 aliphatic carbocycles. The maximum atomic E-state index is 12.3. The first-order valence-electron chi connectivity index (χ1n) is 9.14. The molecule has 0 spiro atoms. The largest absolute Gasteiger partial charge is 0.459 e. The number of hydrogen-bond donors (Lipinski definition) is 2. The van der Waals surface area contributed by atoms with E-state index in [4.69, 9.17) is 14.2 Å². The van der Waals surface area contributed by atoms with Crippen LogP contribution in [0.3, 0.4) is 0 Å². The van der Waals surface area contributed by atoms with Gasteiger partial charge in [0.2, 0.25) is 0 Å². The zero-order chi connectivity index (χ0) is 21.4. The molecular weight excluding hydrogens is 380 g/mol. The predicted molar refractivity (Wildman–Crippen MR) is 101 cm³/mol. The second-order valence-electron chi connectivity index (χ2n) is 6.58. The normalized spacial score (nSPS) is 31.9. The van der Waals surface area contributed by atoms with Gasteiger partial charge in [0.1, 0.15) is 30.5 Å². The van der Waals surface area contributed by atoms with Gasteiger partial charge in [0.25, 0.3) is 0 Å². The fourth-order valence-electron chi connectivity index (χ4n) is 2.51. The Morgan fingerprint density at radius 3 is 1.90 bits per heavy atom. The molecule has 8 nitrogen and oxygen atoms in total. The Hall–Kier alpha value is -2.97. The standard InChI is InChI=1S/C21H24O8/c1-13-16(22)9-11-20(25)29-18(15-6-4-3-5-7-15)12-21(26)28-14(2)17(23)8-10-19(24)27-13/h3-11,13-14,16-18,22-23H,12H2,1-2H3/b10-8-,11-9-/t13-,14-,16+,17+,18+/m0/s1. The van der Waals surface area contributed by atoms with Crippen molar-refractivity contribution in [1.29, 1.82) is 0 Å². The molecule has 2 N–H and O–H groups in total. The Labute approximate surface area is 168 Å². The summed E-state index contributed by atoms with van der Waals surface area (Å²) in [6.07, 6.45) is -1.33. The molecule has 8 heteroatoms. The molecule has 29 heavy (non-hydrogen) atoms. The van der Waals surface area contributed by atoms with Crippen molar-refractivity contribution >= 4 is 17.9 Å². The number of esters is 3. The number of rotatable bonds is 1. The molecule has 0 unspecified atom stereocenters. The van der Waals surface area contributed by atoms with Crippen LogP contribution in [0.4, 0.5) is 0 Å². The summed E-state index contributed by atoms with van der Waals surface area (Å²) < 4.78 is 15.5. The van der Waals surface area contributed by atoms with Crippen LogP contribution in [0.1, 0.15) is 31.9 Å². The molecule has 1 heterocycles. The van der Waals surface area contributed by atoms with Crippen molar-refractivity contribution < 1.29 is 38.8 Å². The molecule has 2 rings (SSSR count). The number of aliphatic hydroxyl groups excluding tert-OH is 2. The van der Waals surface area contributed by atoms with Crippen LogP contribution in [0.2, 0.25) is 0 Å². The zero-order valence-corrected chi connectivity index (χ0v) is 16.1. The Morgan fingerprint density at radius 1 is 0.793 bits per heavy atom. The van der Waals surface area contributed by atoms with Crippen molar-refractivity contribution in [1.82, 2.24) is 0 Å². The van der Waals surface area contributed by atoms with Crippen LogP contribution >= 0.6 is 0 Å². The van der Waals surface area contributed by atoms with Gasteiger partial charge in [0.15, 0.2) is 0 Å². The highest BCUT2D eigenvalue weighted by atomic mass is 16.6. The van der Waals surface area contributed by atoms with Crippen molar-refractivity contribution in [3.8, 4) is 0 Å². The molecule has 0 aromatic heterocycles. The number of aliphatic hydroxyl groups is 2. The monoisotopic (exact) mass is 404 g/mol. The summed E-state index contributed by atoms with van der Waals surface area (Å²) >= 11 is 0. The van der Waals surface area contributed by atoms with Gasteiger partial charge in [0.05, 0.1) is 6.42 Å². The van der Waals surface area contributed by atoms with E-state index in [0.29, 0.717) is 5.56 Å². The van der Waals surface area contributed by atoms with Crippen LogP contribution in [-0.4, -0.2) is 52.5 Å². The minimum absolute atomic E-state index is 0.272. The number of carbonyl (C=O) groups is 3. The van der Waals surface area contributed by atoms with Gasteiger partial charge >= 0.3 is 17.9 Å². The molecule has 0 radical (unpaired) electrons. The van der Waals surface area contributed by atoms with Crippen LogP contribution < -0.4 is 0 Å². The maximum Gasteiger partial charge on any atom is 0.331 e. The summed E-state index contributed by atoms with van der Waals surface area (Å²) in [7, 11) is 0. The quantitative estimate of drug-likeness (QED) is 0.532. The summed E-state index contributed by atoms with van der Waals surface area (Å²) in [4.78, 5) is 36.2. The van der Waals surface area contributed by atoms with Crippen molar-refractivity contribution in [3.63, 3.8) is 0 Å². The molecule has 1 aliphatic heterocycles. The average Bonchev–Trinajstić information content (AvgIpc) is 2.69. The van der Waals surface area contributed by atoms with E-state index in [-0.39, 0.29) is 6.42 Å². The van der Waals surface area contributed by atoms with E-state index in [1.165, 1.54) is 13.8 Å². The third-order valence-corrected chi connectivity index (χ3v) is 4.22. The van der Waals surface area contributed by atoms with Crippen LogP contribution in [0.5, 0.6) is 0 Å². The van der Waals surface area contributed by atoms with Gasteiger partial charge < -0.3 is 24.4 Å². The Bertz CT molecular complexity index is 770. The van der Waals surface area contributed by atoms with Crippen LogP contribution in [0, 0.1) is 0 Å². The minimum Gasteiger partial charge on any atom is -0.459 e. The Kier molecular flexibility index (Phi) is 8.11. The Balaban J connectivity index is 2.27. The number of carbonyl (C=O) groups excluding carboxylic acids is 3. The topological polar surface area (TPSA) is 119 Å². The van der Waals surface area contributed by atoms with Crippen LogP contribution in [0.15, 0.2) is 54.6 Å². The second-order valence-corrected chi connectivity index (χ2v) is 6.58. The summed E-state index contributed by atoms with van der Waals surface area (Å²) in [6, 6.07) is 8.65. The van der Waals surface area contributed by atoms with Crippen molar-refractivity contribution in [3.05, 3.63) is 60.2 Å². The van der Waals surface area contributed by atoms with Gasteiger partial charge in [-0.05, 0) is 31.6 Å². The Morgan fingerprint density at radius 2 is 1.31 bits per heavy atom. The number of benzene rings is 1. The summed E-state index contributed by atoms with van der Waals surface area (Å²) in [6.45, 7) is 2.91. The number of hydrogen-bond acceptors (Lipinski definition) is 8. The highest BCUT2D eigenvalue weighted by Gasteiger charge is 2.24. The predicted octanol–water partition coefficient (Wildman–Crippen LogP) is 1.37. The van der Waals surface area contributed by atoms with E-state index >= 15 is 0 Å². The first-order valence-corrected chi connectivity index (χ1v) is 9.14. The first-order chi connectivity index (χ1) is 13.8. The summed E-state index contributed by atoms with van der Waals surface area (Å²) in [5.41, 5.74) is 0.586. The van der Waals surface area contributed by atoms with E-state index in [9.17, 15) is 24.6 Å². The van der Waals surface area contributed by atoms with E-state index < -0.39 is 48.4 Å². The molecule has 0 fully saturated rings. The van der Waals surface area contributed by atoms with Crippen LogP contribution in [0.25, 0.3) is 0 Å². The second kappa shape index (κ2) is 10.5. The lowest BCUT2D eigenvalue weighted by Gasteiger charge is -2.21. The molecule has 1 aliphatic rings. The van der Waals surface area contributed by atoms with Crippen molar-refractivity contribution in [2.24, 2.45) is 0 Å². The maximum absolute atomic E-state index is 12.3. The van der Waals surface area contributed by atoms with Gasteiger partial charge in [-0.15, -0.1) is 0 Å². The van der Waals surface area contributed by atoms with Crippen molar-refractivity contribution in [2.75, 3.05) is 0 Å². The molecular formula is C21H24O8. The fourth-order valence-corrected chi connectivity index (χ4v) is 2.51. The SMILES string of the molecule is C[C@@H]1OC(=O)/C=C\[C@@H](O)[C@H](C)OC(=O)C[C@H](c2ccccc2)OC(=O)/C=C\[C@H]1O. The zero-order valence-electron chi connectivity index (χ0n) is 16.1. The number of ether oxygens (including phenoxy) is 3. The fraction of sp³-hybridized carbons (Fsp3) is 0.381. The lowest BCUT2D eigenvalue weighted by Crippen LogP contribution is -2.29. The third-order valence-electron chi connectivity index (χ3n) is 4.22. The van der Waals surface area contributed by atoms with E-state index in [1.807, 2.05) is 0 Å². The molecule has 1 aromatic rings. The average molecular weight is 404 g/mol. The molecule has 0 saturated heterocycles. The first kappa shape index (κ1) is 22.3. The molecule has 0 bridgehead atoms. The smallest absolute Gasteiger partial charge is 0.331 e. The molecule has 0 amide bonds. The van der Waals surface area contributed by atoms with E-state index in [2.05, 4.69) is 0 Å². The van der Waals surface area contributed by atoms with Gasteiger partial charge in [-0.3, -0.25) is 4.79 Å². The lowest BCUT2D eigenvalue weighted by molar-refractivity contribution is -0.158. The minimum atomic E-state index is -1.25. The van der Waals surface area contributed by atoms with Gasteiger partial charge in [-0.2, -0.15) is 0 Å². The van der Waals surface area contributed by atoms with E-state index in [0.717, 1.165) is 24.3 Å². The highest BCUT2D eigenvalue weighted by molar-refractivity contribution is 5.83. The van der Waals surface area contributed by atoms with E-state index in [1.54, 1.807) is 30.3 Å². The molecule has 156 valence electrons. The highest BCUT2D eigenvalue weighted by Crippen LogP contribution is 2.23. The van der Waals surface area contributed by atoms with Crippen molar-refractivity contribution in [2.45, 2.75) is 50.8 Å². The lowest BCUT2D eigenvalue weighted by atomic mass is 10.1. The van der Waals surface area contributed by atoms with Gasteiger partial charge in [-0.1, -0.05) is 30.3 Å². The van der Waals surface area contributed by atoms with Gasteiger partial charge in [-0.25, -0.2) is 9.59 Å².